The van der Waals surface area contributed by atoms with E-state index in [-0.39, 0.29) is 17.8 Å². The zero-order chi connectivity index (χ0) is 16.7. The van der Waals surface area contributed by atoms with Gasteiger partial charge < -0.3 is 10.2 Å². The van der Waals surface area contributed by atoms with Gasteiger partial charge in [-0.3, -0.25) is 4.79 Å². The Morgan fingerprint density at radius 2 is 2.00 bits per heavy atom. The molecule has 3 heterocycles. The lowest BCUT2D eigenvalue weighted by atomic mass is 9.98. The van der Waals surface area contributed by atoms with E-state index in [1.165, 1.54) is 30.2 Å². The Morgan fingerprint density at radius 3 is 2.71 bits per heavy atom. The summed E-state index contributed by atoms with van der Waals surface area (Å²) in [6, 6.07) is 7.89. The summed E-state index contributed by atoms with van der Waals surface area (Å²) < 4.78 is 13.9. The molecule has 2 fully saturated rings. The van der Waals surface area contributed by atoms with Crippen molar-refractivity contribution in [2.24, 2.45) is 0 Å². The second-order valence-electron chi connectivity index (χ2n) is 6.69. The lowest BCUT2D eigenvalue weighted by Gasteiger charge is -2.35. The lowest BCUT2D eigenvalue weighted by molar-refractivity contribution is 0.0686. The number of hydrogen-bond acceptors (Lipinski definition) is 4. The summed E-state index contributed by atoms with van der Waals surface area (Å²) in [5.74, 6) is -0.324. The van der Waals surface area contributed by atoms with Gasteiger partial charge in [0, 0.05) is 30.7 Å². The van der Waals surface area contributed by atoms with Crippen LogP contribution in [0.15, 0.2) is 30.5 Å². The molecule has 2 saturated heterocycles. The van der Waals surface area contributed by atoms with Gasteiger partial charge in [0.25, 0.3) is 5.91 Å². The Kier molecular flexibility index (Phi) is 4.10. The number of fused-ring (bicyclic) bond motifs is 2. The molecule has 4 rings (SSSR count). The van der Waals surface area contributed by atoms with E-state index in [0.717, 1.165) is 12.8 Å². The largest absolute Gasteiger partial charge is 0.338 e. The van der Waals surface area contributed by atoms with E-state index >= 15 is 0 Å². The average Bonchev–Trinajstić information content (AvgIpc) is 3.20. The summed E-state index contributed by atoms with van der Waals surface area (Å²) in [7, 11) is 1.88. The fraction of sp³-hybridized carbons (Fsp3) is 0.444. The molecule has 0 radical (unpaired) electrons. The second-order valence-corrected chi connectivity index (χ2v) is 7.72. The molecule has 2 unspecified atom stereocenters. The van der Waals surface area contributed by atoms with Gasteiger partial charge in [0.15, 0.2) is 0 Å². The van der Waals surface area contributed by atoms with Crippen LogP contribution in [0.3, 0.4) is 0 Å². The third-order valence-corrected chi connectivity index (χ3v) is 6.16. The maximum atomic E-state index is 13.9. The molecule has 2 atom stereocenters. The van der Waals surface area contributed by atoms with Crippen LogP contribution in [0.5, 0.6) is 0 Å². The number of nitrogens with zero attached hydrogens (tertiary/aromatic N) is 2. The second kappa shape index (κ2) is 6.26. The fourth-order valence-corrected chi connectivity index (χ4v) is 4.74. The number of halogens is 1. The summed E-state index contributed by atoms with van der Waals surface area (Å²) in [6.07, 6.45) is 6.01. The third kappa shape index (κ3) is 2.84. The van der Waals surface area contributed by atoms with Crippen LogP contribution < -0.4 is 5.32 Å². The molecule has 2 aliphatic rings. The molecule has 126 valence electrons. The van der Waals surface area contributed by atoms with Crippen LogP contribution in [-0.2, 0) is 0 Å². The van der Waals surface area contributed by atoms with Gasteiger partial charge in [0.1, 0.15) is 15.7 Å². The molecule has 2 bridgehead atoms. The Labute approximate surface area is 144 Å². The van der Waals surface area contributed by atoms with Gasteiger partial charge in [-0.2, -0.15) is 0 Å². The Balaban J connectivity index is 1.52. The number of piperidine rings is 1. The summed E-state index contributed by atoms with van der Waals surface area (Å²) in [5.41, 5.74) is 0.448. The van der Waals surface area contributed by atoms with Crippen molar-refractivity contribution < 1.29 is 9.18 Å². The first-order valence-electron chi connectivity index (χ1n) is 8.36. The maximum absolute atomic E-state index is 13.9. The first-order chi connectivity index (χ1) is 11.6. The van der Waals surface area contributed by atoms with E-state index in [4.69, 9.17) is 0 Å². The highest BCUT2D eigenvalue weighted by molar-refractivity contribution is 7.16. The van der Waals surface area contributed by atoms with Crippen molar-refractivity contribution in [3.8, 4) is 10.6 Å². The molecule has 1 aromatic carbocycles. The number of benzene rings is 1. The zero-order valence-corrected chi connectivity index (χ0v) is 14.4. The Hall–Kier alpha value is -1.79. The predicted molar refractivity (Wildman–Crippen MR) is 92.6 cm³/mol. The molecule has 4 nitrogen and oxygen atoms in total. The highest BCUT2D eigenvalue weighted by atomic mass is 32.1. The van der Waals surface area contributed by atoms with E-state index in [9.17, 15) is 9.18 Å². The van der Waals surface area contributed by atoms with Crippen molar-refractivity contribution in [2.75, 3.05) is 7.05 Å². The van der Waals surface area contributed by atoms with Gasteiger partial charge in [0.05, 0.1) is 6.20 Å². The van der Waals surface area contributed by atoms with Crippen LogP contribution >= 0.6 is 11.3 Å². The predicted octanol–water partition coefficient (Wildman–Crippen LogP) is 3.30. The molecule has 6 heteroatoms. The van der Waals surface area contributed by atoms with Crippen molar-refractivity contribution in [1.82, 2.24) is 15.2 Å². The normalized spacial score (nSPS) is 25.7. The molecule has 2 aromatic rings. The summed E-state index contributed by atoms with van der Waals surface area (Å²) >= 11 is 1.26. The monoisotopic (exact) mass is 345 g/mol. The standard InChI is InChI=1S/C18H20FN3OS/c1-22(13-8-11-6-7-12(9-13)21-11)18(23)16-10-20-17(24-16)14-4-2-3-5-15(14)19/h2-5,10-13,21H,6-9H2,1H3. The van der Waals surface area contributed by atoms with E-state index < -0.39 is 0 Å². The lowest BCUT2D eigenvalue weighted by Crippen LogP contribution is -2.48. The van der Waals surface area contributed by atoms with Crippen LogP contribution in [0.4, 0.5) is 4.39 Å². The van der Waals surface area contributed by atoms with Crippen molar-refractivity contribution in [3.63, 3.8) is 0 Å². The van der Waals surface area contributed by atoms with Crippen LogP contribution in [-0.4, -0.2) is 41.0 Å². The van der Waals surface area contributed by atoms with E-state index in [1.54, 1.807) is 24.4 Å². The minimum absolute atomic E-state index is 0.0126. The number of nitrogens with one attached hydrogen (secondary N) is 1. The number of aromatic nitrogens is 1. The molecular formula is C18H20FN3OS. The quantitative estimate of drug-likeness (QED) is 0.928. The topological polar surface area (TPSA) is 45.2 Å². The van der Waals surface area contributed by atoms with Crippen LogP contribution in [0, 0.1) is 5.82 Å². The summed E-state index contributed by atoms with van der Waals surface area (Å²) in [6.45, 7) is 0. The van der Waals surface area contributed by atoms with Gasteiger partial charge in [-0.15, -0.1) is 11.3 Å². The van der Waals surface area contributed by atoms with E-state index in [1.807, 2.05) is 11.9 Å². The summed E-state index contributed by atoms with van der Waals surface area (Å²) in [4.78, 5) is 19.5. The summed E-state index contributed by atoms with van der Waals surface area (Å²) in [5, 5.41) is 4.15. The molecule has 1 N–H and O–H groups in total. The first-order valence-corrected chi connectivity index (χ1v) is 9.17. The maximum Gasteiger partial charge on any atom is 0.265 e. The van der Waals surface area contributed by atoms with Gasteiger partial charge in [-0.1, -0.05) is 12.1 Å². The zero-order valence-electron chi connectivity index (χ0n) is 13.5. The highest BCUT2D eigenvalue weighted by Gasteiger charge is 2.36. The van der Waals surface area contributed by atoms with Crippen molar-refractivity contribution in [2.45, 2.75) is 43.8 Å². The van der Waals surface area contributed by atoms with Crippen molar-refractivity contribution in [3.05, 3.63) is 41.2 Å². The highest BCUT2D eigenvalue weighted by Crippen LogP contribution is 2.32. The third-order valence-electron chi connectivity index (χ3n) is 5.14. The van der Waals surface area contributed by atoms with Gasteiger partial charge >= 0.3 is 0 Å². The van der Waals surface area contributed by atoms with Gasteiger partial charge in [0.2, 0.25) is 0 Å². The minimum Gasteiger partial charge on any atom is -0.338 e. The van der Waals surface area contributed by atoms with Gasteiger partial charge in [-0.25, -0.2) is 9.37 Å². The molecule has 0 saturated carbocycles. The molecule has 24 heavy (non-hydrogen) atoms. The number of amides is 1. The number of rotatable bonds is 3. The molecule has 0 spiro atoms. The smallest absolute Gasteiger partial charge is 0.265 e. The molecule has 0 aliphatic carbocycles. The van der Waals surface area contributed by atoms with Crippen LogP contribution in [0.1, 0.15) is 35.4 Å². The fourth-order valence-electron chi connectivity index (χ4n) is 3.82. The Morgan fingerprint density at radius 1 is 1.29 bits per heavy atom. The number of hydrogen-bond donors (Lipinski definition) is 1. The molecule has 1 aromatic heterocycles. The molecule has 2 aliphatic heterocycles. The van der Waals surface area contributed by atoms with Crippen LogP contribution in [0.25, 0.3) is 10.6 Å². The number of thiazole rings is 1. The minimum atomic E-state index is -0.311. The molecule has 1 amide bonds. The van der Waals surface area contributed by atoms with Crippen LogP contribution in [0.2, 0.25) is 0 Å². The molecular weight excluding hydrogens is 325 g/mol. The van der Waals surface area contributed by atoms with E-state index in [2.05, 4.69) is 10.3 Å². The van der Waals surface area contributed by atoms with Crippen molar-refractivity contribution >= 4 is 17.2 Å². The van der Waals surface area contributed by atoms with Gasteiger partial charge in [-0.05, 0) is 37.8 Å². The number of carbonyl (C=O) groups is 1. The number of carbonyl (C=O) groups excluding carboxylic acids is 1. The SMILES string of the molecule is CN(C(=O)c1cnc(-c2ccccc2F)s1)C1CC2CCC(C1)N2. The Bertz CT molecular complexity index is 750. The van der Waals surface area contributed by atoms with E-state index in [0.29, 0.717) is 27.5 Å². The van der Waals surface area contributed by atoms with Crippen molar-refractivity contribution in [1.29, 1.82) is 0 Å². The first kappa shape index (κ1) is 15.7. The average molecular weight is 345 g/mol.